The molecule has 0 aromatic heterocycles. The van der Waals surface area contributed by atoms with E-state index in [1.54, 1.807) is 0 Å². The molecule has 0 rings (SSSR count). The third kappa shape index (κ3) is 3.14. The zero-order valence-electron chi connectivity index (χ0n) is 6.72. The normalized spacial score (nSPS) is 12.8. The Hall–Kier alpha value is 0.620. The molecular weight excluding hydrogens is 257 g/mol. The number of rotatable bonds is 3. The van der Waals surface area contributed by atoms with E-state index in [-0.39, 0.29) is 0 Å². The summed E-state index contributed by atoms with van der Waals surface area (Å²) in [5.74, 6) is 0. The first-order valence-corrected chi connectivity index (χ1v) is 5.21. The molecule has 10 heavy (non-hydrogen) atoms. The Balaban J connectivity index is 3.89. The molecule has 0 heterocycles. The molecule has 0 aliphatic carbocycles. The van der Waals surface area contributed by atoms with Crippen molar-refractivity contribution in [3.63, 3.8) is 0 Å². The van der Waals surface area contributed by atoms with Crippen LogP contribution in [-0.4, -0.2) is 26.9 Å². The molecule has 0 fully saturated rings. The SMILES string of the molecule is CCN(CC)C(=S)C(C)I. The Morgan fingerprint density at radius 1 is 1.50 bits per heavy atom. The van der Waals surface area contributed by atoms with Gasteiger partial charge in [0, 0.05) is 13.1 Å². The molecule has 0 aliphatic rings. The topological polar surface area (TPSA) is 3.24 Å². The monoisotopic (exact) mass is 271 g/mol. The standard InChI is InChI=1S/C7H14INS/c1-4-9(5-2)7(10)6(3)8/h6H,4-5H2,1-3H3. The molecule has 0 aliphatic heterocycles. The quantitative estimate of drug-likeness (QED) is 0.441. The number of hydrogen-bond acceptors (Lipinski definition) is 1. The molecule has 0 aromatic rings. The average Bonchev–Trinajstić information content (AvgIpc) is 1.90. The van der Waals surface area contributed by atoms with E-state index >= 15 is 0 Å². The molecule has 60 valence electrons. The number of hydrogen-bond donors (Lipinski definition) is 0. The predicted octanol–water partition coefficient (Wildman–Crippen LogP) is 2.48. The first-order valence-electron chi connectivity index (χ1n) is 3.56. The second-order valence-electron chi connectivity index (χ2n) is 2.13. The zero-order valence-corrected chi connectivity index (χ0v) is 9.70. The average molecular weight is 271 g/mol. The fourth-order valence-corrected chi connectivity index (χ4v) is 1.44. The van der Waals surface area contributed by atoms with E-state index in [2.05, 4.69) is 48.3 Å². The lowest BCUT2D eigenvalue weighted by Gasteiger charge is -2.23. The highest BCUT2D eigenvalue weighted by Crippen LogP contribution is 2.06. The van der Waals surface area contributed by atoms with Gasteiger partial charge in [0.2, 0.25) is 0 Å². The summed E-state index contributed by atoms with van der Waals surface area (Å²) in [5, 5.41) is 0. The van der Waals surface area contributed by atoms with Crippen molar-refractivity contribution in [2.75, 3.05) is 13.1 Å². The van der Waals surface area contributed by atoms with Gasteiger partial charge in [-0.15, -0.1) is 0 Å². The van der Waals surface area contributed by atoms with Crippen LogP contribution in [0.4, 0.5) is 0 Å². The molecule has 0 spiro atoms. The van der Waals surface area contributed by atoms with E-state index in [1.165, 1.54) is 0 Å². The summed E-state index contributed by atoms with van der Waals surface area (Å²) in [6.45, 7) is 8.45. The number of alkyl halides is 1. The summed E-state index contributed by atoms with van der Waals surface area (Å²) in [6.07, 6.45) is 0. The van der Waals surface area contributed by atoms with Gasteiger partial charge in [0.1, 0.15) is 0 Å². The van der Waals surface area contributed by atoms with Crippen molar-refractivity contribution in [2.24, 2.45) is 0 Å². The van der Waals surface area contributed by atoms with Crippen molar-refractivity contribution in [1.82, 2.24) is 4.90 Å². The summed E-state index contributed by atoms with van der Waals surface area (Å²) >= 11 is 7.56. The van der Waals surface area contributed by atoms with Crippen molar-refractivity contribution in [2.45, 2.75) is 24.7 Å². The number of halogens is 1. The van der Waals surface area contributed by atoms with E-state index in [0.717, 1.165) is 18.1 Å². The van der Waals surface area contributed by atoms with Crippen LogP contribution in [0.25, 0.3) is 0 Å². The minimum absolute atomic E-state index is 0.479. The predicted molar refractivity (Wildman–Crippen MR) is 59.0 cm³/mol. The first kappa shape index (κ1) is 10.6. The maximum atomic E-state index is 5.22. The molecule has 1 nitrogen and oxygen atoms in total. The van der Waals surface area contributed by atoms with Crippen molar-refractivity contribution in [3.05, 3.63) is 0 Å². The van der Waals surface area contributed by atoms with Gasteiger partial charge in [0.25, 0.3) is 0 Å². The Labute approximate surface area is 82.3 Å². The molecular formula is C7H14INS. The fraction of sp³-hybridized carbons (Fsp3) is 0.857. The fourth-order valence-electron chi connectivity index (χ4n) is 0.787. The van der Waals surface area contributed by atoms with Crippen molar-refractivity contribution in [3.8, 4) is 0 Å². The Bertz CT molecular complexity index is 110. The van der Waals surface area contributed by atoms with Crippen LogP contribution in [0.15, 0.2) is 0 Å². The van der Waals surface area contributed by atoms with E-state index in [9.17, 15) is 0 Å². The summed E-state index contributed by atoms with van der Waals surface area (Å²) in [6, 6.07) is 0. The molecule has 0 saturated heterocycles. The van der Waals surface area contributed by atoms with Crippen LogP contribution < -0.4 is 0 Å². The third-order valence-electron chi connectivity index (χ3n) is 1.42. The maximum Gasteiger partial charge on any atom is 0.0906 e. The van der Waals surface area contributed by atoms with Crippen LogP contribution in [0.3, 0.4) is 0 Å². The summed E-state index contributed by atoms with van der Waals surface area (Å²) < 4.78 is 0.479. The largest absolute Gasteiger partial charge is 0.366 e. The first-order chi connectivity index (χ1) is 4.63. The molecule has 0 saturated carbocycles. The molecule has 0 radical (unpaired) electrons. The second kappa shape index (κ2) is 5.29. The van der Waals surface area contributed by atoms with Crippen LogP contribution in [0, 0.1) is 0 Å². The molecule has 3 heteroatoms. The van der Waals surface area contributed by atoms with Crippen molar-refractivity contribution in [1.29, 1.82) is 0 Å². The number of nitrogens with zero attached hydrogens (tertiary/aromatic N) is 1. The van der Waals surface area contributed by atoms with Gasteiger partial charge in [-0.05, 0) is 20.8 Å². The van der Waals surface area contributed by atoms with Crippen molar-refractivity contribution >= 4 is 39.8 Å². The van der Waals surface area contributed by atoms with Gasteiger partial charge in [0.15, 0.2) is 0 Å². The Morgan fingerprint density at radius 2 is 1.90 bits per heavy atom. The van der Waals surface area contributed by atoms with Gasteiger partial charge in [0.05, 0.1) is 8.91 Å². The van der Waals surface area contributed by atoms with Crippen LogP contribution in [0.2, 0.25) is 0 Å². The molecule has 1 atom stereocenters. The Morgan fingerprint density at radius 3 is 2.00 bits per heavy atom. The second-order valence-corrected chi connectivity index (χ2v) is 4.41. The smallest absolute Gasteiger partial charge is 0.0906 e. The summed E-state index contributed by atoms with van der Waals surface area (Å²) in [5.41, 5.74) is 0. The molecule has 0 N–H and O–H groups in total. The van der Waals surface area contributed by atoms with E-state index in [1.807, 2.05) is 0 Å². The molecule has 0 aromatic carbocycles. The van der Waals surface area contributed by atoms with E-state index < -0.39 is 0 Å². The summed E-state index contributed by atoms with van der Waals surface area (Å²) in [7, 11) is 0. The van der Waals surface area contributed by atoms with Crippen LogP contribution in [0.1, 0.15) is 20.8 Å². The maximum absolute atomic E-state index is 5.22. The lowest BCUT2D eigenvalue weighted by Crippen LogP contribution is -2.33. The highest BCUT2D eigenvalue weighted by Gasteiger charge is 2.09. The lowest BCUT2D eigenvalue weighted by molar-refractivity contribution is 0.468. The minimum Gasteiger partial charge on any atom is -0.366 e. The van der Waals surface area contributed by atoms with Crippen LogP contribution in [0.5, 0.6) is 0 Å². The lowest BCUT2D eigenvalue weighted by atomic mass is 10.4. The number of thiocarbonyl (C=S) groups is 1. The van der Waals surface area contributed by atoms with Crippen molar-refractivity contribution < 1.29 is 0 Å². The minimum atomic E-state index is 0.479. The van der Waals surface area contributed by atoms with Gasteiger partial charge >= 0.3 is 0 Å². The zero-order chi connectivity index (χ0) is 8.15. The summed E-state index contributed by atoms with van der Waals surface area (Å²) in [4.78, 5) is 3.29. The molecule has 0 amide bonds. The van der Waals surface area contributed by atoms with Gasteiger partial charge in [-0.3, -0.25) is 0 Å². The van der Waals surface area contributed by atoms with E-state index in [0.29, 0.717) is 3.92 Å². The van der Waals surface area contributed by atoms with Gasteiger partial charge in [-0.25, -0.2) is 0 Å². The van der Waals surface area contributed by atoms with Gasteiger partial charge < -0.3 is 4.90 Å². The highest BCUT2D eigenvalue weighted by molar-refractivity contribution is 14.1. The van der Waals surface area contributed by atoms with Crippen LogP contribution >= 0.6 is 34.8 Å². The molecule has 1 unspecified atom stereocenters. The van der Waals surface area contributed by atoms with Crippen LogP contribution in [-0.2, 0) is 0 Å². The third-order valence-corrected chi connectivity index (χ3v) is 3.04. The highest BCUT2D eigenvalue weighted by atomic mass is 127. The molecule has 0 bridgehead atoms. The Kier molecular flexibility index (Phi) is 5.62. The van der Waals surface area contributed by atoms with Gasteiger partial charge in [-0.2, -0.15) is 0 Å². The van der Waals surface area contributed by atoms with E-state index in [4.69, 9.17) is 12.2 Å². The van der Waals surface area contributed by atoms with Gasteiger partial charge in [-0.1, -0.05) is 34.8 Å².